The Morgan fingerprint density at radius 1 is 1.29 bits per heavy atom. The van der Waals surface area contributed by atoms with Gasteiger partial charge in [-0.2, -0.15) is 20.1 Å². The lowest BCUT2D eigenvalue weighted by molar-refractivity contribution is 0.0826. The standard InChI is InChI=1S/C15H15F2NO4S2/c1-22-12(10-6-7-23-9-10)8-18-14(19)11-4-2-3-5-13(11)24(20,21)15(16)17/h2-7,9,12,15H,8H2,1H3,(H,18,19)/t12-/m1/s1. The summed E-state index contributed by atoms with van der Waals surface area (Å²) in [6, 6.07) is 6.71. The molecule has 9 heteroatoms. The highest BCUT2D eigenvalue weighted by Gasteiger charge is 2.30. The van der Waals surface area contributed by atoms with E-state index in [1.165, 1.54) is 36.6 Å². The summed E-state index contributed by atoms with van der Waals surface area (Å²) in [6.45, 7) is 0.0785. The van der Waals surface area contributed by atoms with E-state index in [2.05, 4.69) is 5.32 Å². The third kappa shape index (κ3) is 3.97. The fraction of sp³-hybridized carbons (Fsp3) is 0.267. The van der Waals surface area contributed by atoms with Crippen LogP contribution in [0.15, 0.2) is 46.0 Å². The number of hydrogen-bond acceptors (Lipinski definition) is 5. The summed E-state index contributed by atoms with van der Waals surface area (Å²) in [7, 11) is -3.39. The Labute approximate surface area is 142 Å². The molecule has 0 saturated heterocycles. The Balaban J connectivity index is 2.19. The second-order valence-electron chi connectivity index (χ2n) is 4.79. The molecule has 1 atom stereocenters. The number of benzene rings is 1. The van der Waals surface area contributed by atoms with Crippen molar-refractivity contribution in [3.63, 3.8) is 0 Å². The number of carbonyl (C=O) groups is 1. The third-order valence-corrected chi connectivity index (χ3v) is 5.46. The van der Waals surface area contributed by atoms with Gasteiger partial charge in [-0.15, -0.1) is 0 Å². The molecular formula is C15H15F2NO4S2. The zero-order chi connectivity index (χ0) is 17.7. The quantitative estimate of drug-likeness (QED) is 0.808. The molecule has 0 aliphatic carbocycles. The number of sulfone groups is 1. The first-order valence-corrected chi connectivity index (χ1v) is 9.31. The van der Waals surface area contributed by atoms with Crippen LogP contribution in [0.3, 0.4) is 0 Å². The molecule has 0 saturated carbocycles. The second-order valence-corrected chi connectivity index (χ2v) is 7.46. The first-order valence-electron chi connectivity index (χ1n) is 6.82. The largest absolute Gasteiger partial charge is 0.375 e. The van der Waals surface area contributed by atoms with Crippen LogP contribution in [0, 0.1) is 0 Å². The molecular weight excluding hydrogens is 360 g/mol. The van der Waals surface area contributed by atoms with Gasteiger partial charge >= 0.3 is 5.76 Å². The van der Waals surface area contributed by atoms with Gasteiger partial charge < -0.3 is 10.1 Å². The van der Waals surface area contributed by atoms with Crippen LogP contribution in [0.5, 0.6) is 0 Å². The summed E-state index contributed by atoms with van der Waals surface area (Å²) in [5.41, 5.74) is 0.536. The highest BCUT2D eigenvalue weighted by Crippen LogP contribution is 2.23. The predicted molar refractivity (Wildman–Crippen MR) is 86.0 cm³/mol. The number of hydrogen-bond donors (Lipinski definition) is 1. The molecule has 2 aromatic rings. The number of ether oxygens (including phenoxy) is 1. The van der Waals surface area contributed by atoms with Crippen LogP contribution in [0.1, 0.15) is 22.0 Å². The minimum absolute atomic E-state index is 0.0785. The van der Waals surface area contributed by atoms with Crippen molar-refractivity contribution in [3.05, 3.63) is 52.2 Å². The van der Waals surface area contributed by atoms with Crippen molar-refractivity contribution in [1.82, 2.24) is 5.32 Å². The van der Waals surface area contributed by atoms with Crippen LogP contribution in [-0.2, 0) is 14.6 Å². The average Bonchev–Trinajstić information content (AvgIpc) is 3.09. The van der Waals surface area contributed by atoms with Gasteiger partial charge in [0.1, 0.15) is 6.10 Å². The van der Waals surface area contributed by atoms with Crippen LogP contribution in [0.25, 0.3) is 0 Å². The Kier molecular flexibility index (Phi) is 6.03. The molecule has 1 heterocycles. The molecule has 0 unspecified atom stereocenters. The maximum absolute atomic E-state index is 12.8. The number of nitrogens with one attached hydrogen (secondary N) is 1. The van der Waals surface area contributed by atoms with E-state index in [1.807, 2.05) is 16.8 Å². The van der Waals surface area contributed by atoms with Crippen molar-refractivity contribution >= 4 is 27.1 Å². The molecule has 1 N–H and O–H groups in total. The fourth-order valence-electron chi connectivity index (χ4n) is 2.07. The van der Waals surface area contributed by atoms with Crippen LogP contribution in [-0.4, -0.2) is 33.7 Å². The number of methoxy groups -OCH3 is 1. The molecule has 0 aliphatic heterocycles. The normalized spacial score (nSPS) is 13.0. The molecule has 0 aliphatic rings. The Morgan fingerprint density at radius 3 is 2.58 bits per heavy atom. The van der Waals surface area contributed by atoms with Gasteiger partial charge in [-0.3, -0.25) is 4.79 Å². The van der Waals surface area contributed by atoms with E-state index in [4.69, 9.17) is 4.74 Å². The topological polar surface area (TPSA) is 72.5 Å². The summed E-state index contributed by atoms with van der Waals surface area (Å²) in [4.78, 5) is 11.6. The molecule has 1 aromatic carbocycles. The minimum Gasteiger partial charge on any atom is -0.375 e. The summed E-state index contributed by atoms with van der Waals surface area (Å²) >= 11 is 1.47. The molecule has 0 radical (unpaired) electrons. The fourth-order valence-corrected chi connectivity index (χ4v) is 3.70. The van der Waals surface area contributed by atoms with Gasteiger partial charge in [-0.1, -0.05) is 12.1 Å². The summed E-state index contributed by atoms with van der Waals surface area (Å²) < 4.78 is 54.2. The predicted octanol–water partition coefficient (Wildman–Crippen LogP) is 2.86. The Bertz CT molecular complexity index is 792. The van der Waals surface area contributed by atoms with Gasteiger partial charge in [0.25, 0.3) is 5.91 Å². The number of thiophene rings is 1. The molecule has 1 aromatic heterocycles. The molecule has 130 valence electrons. The van der Waals surface area contributed by atoms with Crippen molar-refractivity contribution in [3.8, 4) is 0 Å². The maximum atomic E-state index is 12.8. The number of carbonyl (C=O) groups excluding carboxylic acids is 1. The molecule has 2 rings (SSSR count). The minimum atomic E-state index is -4.86. The van der Waals surface area contributed by atoms with Crippen LogP contribution < -0.4 is 5.32 Å². The van der Waals surface area contributed by atoms with Crippen molar-refractivity contribution in [2.24, 2.45) is 0 Å². The van der Waals surface area contributed by atoms with Crippen molar-refractivity contribution in [1.29, 1.82) is 0 Å². The van der Waals surface area contributed by atoms with Gasteiger partial charge in [0.15, 0.2) is 0 Å². The summed E-state index contributed by atoms with van der Waals surface area (Å²) in [6.07, 6.45) is -0.418. The van der Waals surface area contributed by atoms with Crippen molar-refractivity contribution in [2.45, 2.75) is 16.8 Å². The molecule has 24 heavy (non-hydrogen) atoms. The van der Waals surface area contributed by atoms with Gasteiger partial charge in [0.2, 0.25) is 9.84 Å². The van der Waals surface area contributed by atoms with E-state index >= 15 is 0 Å². The van der Waals surface area contributed by atoms with E-state index in [0.29, 0.717) is 0 Å². The number of halogens is 2. The Morgan fingerprint density at radius 2 is 2.00 bits per heavy atom. The van der Waals surface area contributed by atoms with E-state index in [0.717, 1.165) is 11.6 Å². The first kappa shape index (κ1) is 18.5. The van der Waals surface area contributed by atoms with E-state index in [1.54, 1.807) is 0 Å². The summed E-state index contributed by atoms with van der Waals surface area (Å²) in [5.74, 6) is -4.35. The van der Waals surface area contributed by atoms with Crippen LogP contribution in [0.4, 0.5) is 8.78 Å². The van der Waals surface area contributed by atoms with E-state index in [9.17, 15) is 22.0 Å². The monoisotopic (exact) mass is 375 g/mol. The lowest BCUT2D eigenvalue weighted by Crippen LogP contribution is -2.30. The number of alkyl halides is 2. The molecule has 0 fully saturated rings. The molecule has 5 nitrogen and oxygen atoms in total. The van der Waals surface area contributed by atoms with Crippen molar-refractivity contribution in [2.75, 3.05) is 13.7 Å². The van der Waals surface area contributed by atoms with Crippen LogP contribution in [0.2, 0.25) is 0 Å². The second kappa shape index (κ2) is 7.82. The average molecular weight is 375 g/mol. The van der Waals surface area contributed by atoms with Gasteiger partial charge in [0.05, 0.1) is 10.5 Å². The van der Waals surface area contributed by atoms with E-state index in [-0.39, 0.29) is 12.1 Å². The zero-order valence-corrected chi connectivity index (χ0v) is 14.2. The first-order chi connectivity index (χ1) is 11.4. The van der Waals surface area contributed by atoms with E-state index < -0.39 is 32.5 Å². The SMILES string of the molecule is CO[C@H](CNC(=O)c1ccccc1S(=O)(=O)C(F)F)c1ccsc1. The Hall–Kier alpha value is -1.84. The van der Waals surface area contributed by atoms with Gasteiger partial charge in [-0.05, 0) is 34.5 Å². The number of rotatable bonds is 7. The number of amides is 1. The highest BCUT2D eigenvalue weighted by atomic mass is 32.2. The molecule has 1 amide bonds. The van der Waals surface area contributed by atoms with Crippen molar-refractivity contribution < 1.29 is 26.7 Å². The molecule has 0 bridgehead atoms. The zero-order valence-electron chi connectivity index (χ0n) is 12.6. The molecule has 0 spiro atoms. The maximum Gasteiger partial charge on any atom is 0.341 e. The van der Waals surface area contributed by atoms with Gasteiger partial charge in [-0.25, -0.2) is 8.42 Å². The lowest BCUT2D eigenvalue weighted by Gasteiger charge is -2.16. The summed E-state index contributed by atoms with van der Waals surface area (Å²) in [5, 5.41) is 6.23. The smallest absolute Gasteiger partial charge is 0.341 e. The van der Waals surface area contributed by atoms with Crippen LogP contribution >= 0.6 is 11.3 Å². The van der Waals surface area contributed by atoms with Gasteiger partial charge in [0, 0.05) is 13.7 Å². The highest BCUT2D eigenvalue weighted by molar-refractivity contribution is 7.91. The third-order valence-electron chi connectivity index (χ3n) is 3.32. The lowest BCUT2D eigenvalue weighted by atomic mass is 10.1.